The molecule has 6 rings (SSSR count). The van der Waals surface area contributed by atoms with E-state index in [1.807, 2.05) is 97.8 Å². The Bertz CT molecular complexity index is 3450. The van der Waals surface area contributed by atoms with Crippen LogP contribution in [0.5, 0.6) is 23.0 Å². The van der Waals surface area contributed by atoms with Gasteiger partial charge in [0, 0.05) is 71.8 Å². The van der Waals surface area contributed by atoms with Crippen LogP contribution in [-0.2, 0) is 50.2 Å². The maximum atomic E-state index is 13.5. The Kier molecular flexibility index (Phi) is 22.3. The molecule has 430 valence electrons. The van der Waals surface area contributed by atoms with Crippen LogP contribution in [0.25, 0.3) is 6.08 Å². The second-order valence-electron chi connectivity index (χ2n) is 19.9. The normalized spacial score (nSPS) is 16.3. The Balaban J connectivity index is 1.22. The number of nitriles is 2. The molecular formula is C67H63N3O13S. The summed E-state index contributed by atoms with van der Waals surface area (Å²) in [5.41, 5.74) is 5.01. The summed E-state index contributed by atoms with van der Waals surface area (Å²) in [6.45, 7) is 21.9. The van der Waals surface area contributed by atoms with Gasteiger partial charge in [0.15, 0.2) is 11.4 Å². The number of nitrogens with zero attached hydrogens (tertiary/aromatic N) is 3. The average molecular weight is 1150 g/mol. The first kappa shape index (κ1) is 63.2. The minimum Gasteiger partial charge on any atom is -0.476 e. The van der Waals surface area contributed by atoms with Crippen molar-refractivity contribution in [3.05, 3.63) is 227 Å². The van der Waals surface area contributed by atoms with Crippen molar-refractivity contribution in [2.45, 2.75) is 59.0 Å². The smallest absolute Gasteiger partial charge is 0.338 e. The number of anilines is 1. The van der Waals surface area contributed by atoms with Crippen LogP contribution in [0.2, 0.25) is 0 Å². The van der Waals surface area contributed by atoms with Gasteiger partial charge in [-0.15, -0.1) is 11.8 Å². The molecule has 0 radical (unpaired) electrons. The Morgan fingerprint density at radius 2 is 1.29 bits per heavy atom. The zero-order valence-corrected chi connectivity index (χ0v) is 48.2. The van der Waals surface area contributed by atoms with E-state index in [1.165, 1.54) is 36.0 Å². The highest BCUT2D eigenvalue weighted by atomic mass is 32.2. The summed E-state index contributed by atoms with van der Waals surface area (Å²) in [7, 11) is 1.89. The largest absolute Gasteiger partial charge is 0.476 e. The number of allylic oxidation sites excluding steroid dienone is 7. The van der Waals surface area contributed by atoms with Crippen LogP contribution >= 0.6 is 11.8 Å². The number of thioether (sulfide) groups is 1. The number of ether oxygens (including phenoxy) is 7. The SMILES string of the molecule is C=CC(=O)Oc1cc(CCC(=O)OCCN(C)c2ccc(/C=C/C3=C(SCCOC(=O)c4cc(OC(=O)C=C)cc(OC(=O)C=C)c4)C(=C/C=C/C4=C(C#N)C(=C(\C)C#N)/OC4(C)c4ccccc4)/CC(C)(C)C3)cc2)cc(OC(=O)C=C)c1. The molecular weight excluding hydrogens is 1090 g/mol. The summed E-state index contributed by atoms with van der Waals surface area (Å²) in [6, 6.07) is 30.2. The van der Waals surface area contributed by atoms with Gasteiger partial charge in [-0.25, -0.2) is 24.0 Å². The topological polar surface area (TPSA) is 218 Å². The number of carbonyl (C=O) groups excluding carboxylic acids is 6. The van der Waals surface area contributed by atoms with Crippen molar-refractivity contribution in [1.29, 1.82) is 10.5 Å². The van der Waals surface area contributed by atoms with Gasteiger partial charge in [-0.2, -0.15) is 10.5 Å². The first-order valence-corrected chi connectivity index (χ1v) is 27.4. The first-order chi connectivity index (χ1) is 40.2. The van der Waals surface area contributed by atoms with Gasteiger partial charge in [0.25, 0.3) is 0 Å². The molecule has 0 aromatic heterocycles. The molecule has 0 fully saturated rings. The van der Waals surface area contributed by atoms with Crippen LogP contribution in [0.15, 0.2) is 204 Å². The van der Waals surface area contributed by atoms with E-state index in [9.17, 15) is 39.3 Å². The van der Waals surface area contributed by atoms with Crippen LogP contribution in [0.4, 0.5) is 5.69 Å². The van der Waals surface area contributed by atoms with Gasteiger partial charge in [-0.1, -0.05) is 113 Å². The monoisotopic (exact) mass is 1150 g/mol. The number of hydrogen-bond acceptors (Lipinski definition) is 17. The quantitative estimate of drug-likeness (QED) is 0.0198. The third-order valence-electron chi connectivity index (χ3n) is 13.0. The van der Waals surface area contributed by atoms with Crippen LogP contribution in [-0.4, -0.2) is 68.4 Å². The van der Waals surface area contributed by atoms with Gasteiger partial charge in [-0.05, 0) is 103 Å². The van der Waals surface area contributed by atoms with Gasteiger partial charge in [-0.3, -0.25) is 4.79 Å². The minimum absolute atomic E-state index is 0.00695. The highest BCUT2D eigenvalue weighted by Crippen LogP contribution is 2.49. The highest BCUT2D eigenvalue weighted by molar-refractivity contribution is 8.03. The van der Waals surface area contributed by atoms with E-state index < -0.39 is 41.4 Å². The molecule has 0 saturated heterocycles. The lowest BCUT2D eigenvalue weighted by atomic mass is 9.74. The standard InChI is InChI=1S/C67H63N3O13S/c1-10-58(71)79-52-34-46(35-53(38-52)80-59(72)11-2)25-29-62(75)77-31-30-70(9)51-27-23-45(24-28-51)22-26-48-41-66(6,7)40-47(18-17-21-57-56(43-69)63(44(5)42-68)83-67(57,8)50-19-15-14-16-20-50)64(48)84-33-32-78-65(76)49-36-54(81-60(73)12-3)39-55(37-49)82-61(74)13-4/h10-24,26-28,34-39H,1-4,25,29-33,40-41H2,5-9H3/b21-17+,26-22+,47-18+,63-44-. The summed E-state index contributed by atoms with van der Waals surface area (Å²) in [6.07, 6.45) is 15.4. The summed E-state index contributed by atoms with van der Waals surface area (Å²) < 4.78 is 38.7. The third-order valence-corrected chi connectivity index (χ3v) is 14.2. The van der Waals surface area contributed by atoms with E-state index in [1.54, 1.807) is 19.1 Å². The highest BCUT2D eigenvalue weighted by Gasteiger charge is 2.43. The number of likely N-dealkylation sites (N-methyl/N-ethyl adjacent to an activating group) is 1. The summed E-state index contributed by atoms with van der Waals surface area (Å²) >= 11 is 1.51. The molecule has 1 aliphatic carbocycles. The number of carbonyl (C=O) groups is 6. The van der Waals surface area contributed by atoms with Gasteiger partial charge in [0.2, 0.25) is 0 Å². The van der Waals surface area contributed by atoms with Gasteiger partial charge < -0.3 is 38.1 Å². The lowest BCUT2D eigenvalue weighted by Gasteiger charge is -2.34. The van der Waals surface area contributed by atoms with E-state index in [2.05, 4.69) is 58.4 Å². The van der Waals surface area contributed by atoms with E-state index >= 15 is 0 Å². The number of rotatable bonds is 25. The number of aryl methyl sites for hydroxylation is 1. The molecule has 0 saturated carbocycles. The predicted octanol–water partition coefficient (Wildman–Crippen LogP) is 12.4. The van der Waals surface area contributed by atoms with Crippen molar-refractivity contribution in [3.63, 3.8) is 0 Å². The van der Waals surface area contributed by atoms with Crippen LogP contribution in [0.3, 0.4) is 0 Å². The Morgan fingerprint density at radius 3 is 1.83 bits per heavy atom. The molecule has 2 aliphatic rings. The van der Waals surface area contributed by atoms with Crippen molar-refractivity contribution in [1.82, 2.24) is 0 Å². The molecule has 0 amide bonds. The molecule has 0 spiro atoms. The van der Waals surface area contributed by atoms with E-state index in [4.69, 9.17) is 33.2 Å². The second-order valence-corrected chi connectivity index (χ2v) is 21.1. The fraction of sp³-hybridized carbons (Fsp3) is 0.224. The maximum Gasteiger partial charge on any atom is 0.338 e. The average Bonchev–Trinajstić information content (AvgIpc) is 3.17. The van der Waals surface area contributed by atoms with Crippen LogP contribution in [0, 0.1) is 28.1 Å². The predicted molar refractivity (Wildman–Crippen MR) is 320 cm³/mol. The molecule has 1 atom stereocenters. The van der Waals surface area contributed by atoms with E-state index in [0.29, 0.717) is 36.3 Å². The van der Waals surface area contributed by atoms with Crippen molar-refractivity contribution >= 4 is 59.3 Å². The Morgan fingerprint density at radius 1 is 0.714 bits per heavy atom. The molecule has 17 heteroatoms. The third kappa shape index (κ3) is 17.5. The van der Waals surface area contributed by atoms with Crippen molar-refractivity contribution < 1.29 is 61.9 Å². The molecule has 0 N–H and O–H groups in total. The lowest BCUT2D eigenvalue weighted by Crippen LogP contribution is -2.24. The maximum absolute atomic E-state index is 13.5. The number of hydrogen-bond donors (Lipinski definition) is 0. The summed E-state index contributed by atoms with van der Waals surface area (Å²) in [5.74, 6) is -3.55. The van der Waals surface area contributed by atoms with Crippen molar-refractivity contribution in [3.8, 4) is 35.1 Å². The molecule has 84 heavy (non-hydrogen) atoms. The van der Waals surface area contributed by atoms with Crippen LogP contribution < -0.4 is 23.8 Å². The van der Waals surface area contributed by atoms with Crippen molar-refractivity contribution in [2.75, 3.05) is 37.5 Å². The fourth-order valence-electron chi connectivity index (χ4n) is 8.96. The molecule has 4 aromatic carbocycles. The van der Waals surface area contributed by atoms with Gasteiger partial charge in [0.05, 0.1) is 23.8 Å². The molecule has 4 aromatic rings. The Labute approximate surface area is 493 Å². The summed E-state index contributed by atoms with van der Waals surface area (Å²) in [4.78, 5) is 77.1. The zero-order valence-electron chi connectivity index (χ0n) is 47.4. The molecule has 1 unspecified atom stereocenters. The first-order valence-electron chi connectivity index (χ1n) is 26.4. The van der Waals surface area contributed by atoms with Crippen molar-refractivity contribution in [2.24, 2.45) is 5.41 Å². The fourth-order valence-corrected chi connectivity index (χ4v) is 9.98. The minimum atomic E-state index is -1.08. The Hall–Kier alpha value is -9.97. The molecule has 1 heterocycles. The summed E-state index contributed by atoms with van der Waals surface area (Å²) in [5, 5.41) is 20.4. The molecule has 0 bridgehead atoms. The number of benzene rings is 4. The molecule has 16 nitrogen and oxygen atoms in total. The lowest BCUT2D eigenvalue weighted by molar-refractivity contribution is -0.143. The molecule has 1 aliphatic heterocycles. The van der Waals surface area contributed by atoms with E-state index in [0.717, 1.165) is 57.2 Å². The van der Waals surface area contributed by atoms with Gasteiger partial charge in [0.1, 0.15) is 47.9 Å². The van der Waals surface area contributed by atoms with Gasteiger partial charge >= 0.3 is 35.8 Å². The zero-order chi connectivity index (χ0) is 61.0. The van der Waals surface area contributed by atoms with E-state index in [-0.39, 0.29) is 76.9 Å². The second kappa shape index (κ2) is 29.7. The number of esters is 6. The van der Waals surface area contributed by atoms with Crippen LogP contribution in [0.1, 0.15) is 74.0 Å².